The Morgan fingerprint density at radius 2 is 2.18 bits per heavy atom. The zero-order valence-electron chi connectivity index (χ0n) is 10.3. The Hall–Kier alpha value is -1.26. The molecule has 1 aliphatic carbocycles. The summed E-state index contributed by atoms with van der Waals surface area (Å²) in [4.78, 5) is 26.3. The Morgan fingerprint density at radius 1 is 1.41 bits per heavy atom. The van der Waals surface area contributed by atoms with Crippen molar-refractivity contribution in [1.29, 1.82) is 0 Å². The van der Waals surface area contributed by atoms with Crippen molar-refractivity contribution in [2.45, 2.75) is 38.6 Å². The fourth-order valence-electron chi connectivity index (χ4n) is 3.02. The molecular formula is C12H20N2O3. The normalized spacial score (nSPS) is 26.3. The van der Waals surface area contributed by atoms with Gasteiger partial charge in [-0.15, -0.1) is 0 Å². The number of aliphatic carboxylic acids is 1. The maximum atomic E-state index is 12.2. The number of carbonyl (C=O) groups excluding carboxylic acids is 1. The van der Waals surface area contributed by atoms with Crippen molar-refractivity contribution >= 4 is 12.0 Å². The third kappa shape index (κ3) is 2.53. The molecule has 1 saturated heterocycles. The molecule has 17 heavy (non-hydrogen) atoms. The van der Waals surface area contributed by atoms with E-state index in [1.54, 1.807) is 0 Å². The van der Waals surface area contributed by atoms with Crippen molar-refractivity contribution in [2.24, 2.45) is 5.92 Å². The molecule has 5 heteroatoms. The molecule has 2 atom stereocenters. The van der Waals surface area contributed by atoms with Crippen LogP contribution in [-0.2, 0) is 4.79 Å². The highest BCUT2D eigenvalue weighted by Gasteiger charge is 2.41. The SMILES string of the molecule is CCCN(CC(=O)O)C(=O)N1CC2CCC1C2. The summed E-state index contributed by atoms with van der Waals surface area (Å²) in [5.41, 5.74) is 0. The first kappa shape index (κ1) is 12.2. The Bertz CT molecular complexity index is 319. The molecule has 1 heterocycles. The van der Waals surface area contributed by atoms with Gasteiger partial charge in [-0.2, -0.15) is 0 Å². The third-order valence-electron chi connectivity index (χ3n) is 3.75. The van der Waals surface area contributed by atoms with Crippen LogP contribution in [0, 0.1) is 5.92 Å². The highest BCUT2D eigenvalue weighted by Crippen LogP contribution is 2.37. The van der Waals surface area contributed by atoms with Crippen molar-refractivity contribution in [3.63, 3.8) is 0 Å². The van der Waals surface area contributed by atoms with E-state index in [0.29, 0.717) is 18.5 Å². The topological polar surface area (TPSA) is 60.9 Å². The lowest BCUT2D eigenvalue weighted by Gasteiger charge is -2.32. The minimum Gasteiger partial charge on any atom is -0.480 e. The van der Waals surface area contributed by atoms with Crippen LogP contribution in [0.3, 0.4) is 0 Å². The van der Waals surface area contributed by atoms with E-state index in [-0.39, 0.29) is 12.6 Å². The average Bonchev–Trinajstić information content (AvgIpc) is 2.88. The summed E-state index contributed by atoms with van der Waals surface area (Å²) in [7, 11) is 0. The van der Waals surface area contributed by atoms with Crippen LogP contribution in [-0.4, -0.2) is 52.6 Å². The standard InChI is InChI=1S/C12H20N2O3/c1-2-5-13(8-11(15)16)12(17)14-7-9-3-4-10(14)6-9/h9-10H,2-8H2,1H3,(H,15,16). The van der Waals surface area contributed by atoms with Gasteiger partial charge in [0, 0.05) is 19.1 Å². The first-order valence-corrected chi connectivity index (χ1v) is 6.39. The van der Waals surface area contributed by atoms with E-state index in [9.17, 15) is 9.59 Å². The molecule has 0 aromatic heterocycles. The van der Waals surface area contributed by atoms with Gasteiger partial charge in [0.25, 0.3) is 0 Å². The van der Waals surface area contributed by atoms with Gasteiger partial charge in [0.05, 0.1) is 0 Å². The van der Waals surface area contributed by atoms with Crippen LogP contribution in [0.25, 0.3) is 0 Å². The molecule has 2 aliphatic rings. The van der Waals surface area contributed by atoms with Crippen LogP contribution in [0.1, 0.15) is 32.6 Å². The first-order valence-electron chi connectivity index (χ1n) is 6.39. The van der Waals surface area contributed by atoms with Gasteiger partial charge in [-0.25, -0.2) is 4.79 Å². The van der Waals surface area contributed by atoms with E-state index in [1.807, 2.05) is 11.8 Å². The molecule has 2 fully saturated rings. The molecular weight excluding hydrogens is 220 g/mol. The van der Waals surface area contributed by atoms with Gasteiger partial charge in [0.1, 0.15) is 6.54 Å². The van der Waals surface area contributed by atoms with Crippen molar-refractivity contribution in [1.82, 2.24) is 9.80 Å². The number of carbonyl (C=O) groups is 2. The molecule has 2 amide bonds. The molecule has 0 aromatic carbocycles. The van der Waals surface area contributed by atoms with Gasteiger partial charge in [0.2, 0.25) is 0 Å². The van der Waals surface area contributed by atoms with Gasteiger partial charge in [-0.1, -0.05) is 6.92 Å². The predicted molar refractivity (Wildman–Crippen MR) is 62.7 cm³/mol. The average molecular weight is 240 g/mol. The van der Waals surface area contributed by atoms with Crippen LogP contribution in [0.2, 0.25) is 0 Å². The van der Waals surface area contributed by atoms with E-state index in [2.05, 4.69) is 0 Å². The zero-order chi connectivity index (χ0) is 12.4. The number of amides is 2. The van der Waals surface area contributed by atoms with E-state index < -0.39 is 5.97 Å². The second-order valence-corrected chi connectivity index (χ2v) is 5.08. The van der Waals surface area contributed by atoms with E-state index in [0.717, 1.165) is 25.8 Å². The molecule has 96 valence electrons. The van der Waals surface area contributed by atoms with E-state index in [1.165, 1.54) is 11.3 Å². The molecule has 0 aromatic rings. The zero-order valence-corrected chi connectivity index (χ0v) is 10.3. The monoisotopic (exact) mass is 240 g/mol. The summed E-state index contributed by atoms with van der Waals surface area (Å²) < 4.78 is 0. The number of likely N-dealkylation sites (tertiary alicyclic amines) is 1. The van der Waals surface area contributed by atoms with E-state index in [4.69, 9.17) is 5.11 Å². The Kier molecular flexibility index (Phi) is 3.54. The quantitative estimate of drug-likeness (QED) is 0.807. The summed E-state index contributed by atoms with van der Waals surface area (Å²) in [6.45, 7) is 3.13. The Morgan fingerprint density at radius 3 is 2.65 bits per heavy atom. The maximum Gasteiger partial charge on any atom is 0.323 e. The number of carboxylic acids is 1. The van der Waals surface area contributed by atoms with Crippen molar-refractivity contribution in [3.8, 4) is 0 Å². The summed E-state index contributed by atoms with van der Waals surface area (Å²) in [5.74, 6) is -0.284. The molecule has 1 N–H and O–H groups in total. The summed E-state index contributed by atoms with van der Waals surface area (Å²) in [6.07, 6.45) is 4.21. The largest absolute Gasteiger partial charge is 0.480 e. The molecule has 0 spiro atoms. The summed E-state index contributed by atoms with van der Waals surface area (Å²) in [6, 6.07) is 0.280. The minimum absolute atomic E-state index is 0.0820. The molecule has 1 aliphatic heterocycles. The molecule has 5 nitrogen and oxygen atoms in total. The number of rotatable bonds is 4. The van der Waals surface area contributed by atoms with E-state index >= 15 is 0 Å². The maximum absolute atomic E-state index is 12.2. The molecule has 2 bridgehead atoms. The van der Waals surface area contributed by atoms with Crippen molar-refractivity contribution < 1.29 is 14.7 Å². The molecule has 0 radical (unpaired) electrons. The molecule has 2 rings (SSSR count). The van der Waals surface area contributed by atoms with Crippen LogP contribution in [0.5, 0.6) is 0 Å². The number of fused-ring (bicyclic) bond motifs is 2. The van der Waals surface area contributed by atoms with Crippen molar-refractivity contribution in [3.05, 3.63) is 0 Å². The van der Waals surface area contributed by atoms with Crippen molar-refractivity contribution in [2.75, 3.05) is 19.6 Å². The first-order chi connectivity index (χ1) is 8.11. The number of piperidine rings is 1. The summed E-state index contributed by atoms with van der Waals surface area (Å²) in [5, 5.41) is 8.82. The highest BCUT2D eigenvalue weighted by atomic mass is 16.4. The van der Waals surface area contributed by atoms with Crippen LogP contribution in [0.4, 0.5) is 4.79 Å². The lowest BCUT2D eigenvalue weighted by molar-refractivity contribution is -0.137. The van der Waals surface area contributed by atoms with Crippen LogP contribution < -0.4 is 0 Å². The molecule has 1 saturated carbocycles. The molecule has 2 unspecified atom stereocenters. The number of hydrogen-bond acceptors (Lipinski definition) is 2. The Labute approximate surface area is 101 Å². The van der Waals surface area contributed by atoms with Crippen LogP contribution >= 0.6 is 0 Å². The smallest absolute Gasteiger partial charge is 0.323 e. The lowest BCUT2D eigenvalue weighted by Crippen LogP contribution is -2.48. The van der Waals surface area contributed by atoms with Gasteiger partial charge >= 0.3 is 12.0 Å². The summed E-state index contributed by atoms with van der Waals surface area (Å²) >= 11 is 0. The van der Waals surface area contributed by atoms with Gasteiger partial charge in [0.15, 0.2) is 0 Å². The Balaban J connectivity index is 1.98. The second kappa shape index (κ2) is 4.94. The lowest BCUT2D eigenvalue weighted by atomic mass is 10.1. The fourth-order valence-corrected chi connectivity index (χ4v) is 3.02. The third-order valence-corrected chi connectivity index (χ3v) is 3.75. The number of carboxylic acid groups (broad SMARTS) is 1. The fraction of sp³-hybridized carbons (Fsp3) is 0.833. The van der Waals surface area contributed by atoms with Crippen LogP contribution in [0.15, 0.2) is 0 Å². The van der Waals surface area contributed by atoms with Gasteiger partial charge in [-0.3, -0.25) is 4.79 Å². The number of urea groups is 1. The van der Waals surface area contributed by atoms with Gasteiger partial charge < -0.3 is 14.9 Å². The highest BCUT2D eigenvalue weighted by molar-refractivity contribution is 5.80. The second-order valence-electron chi connectivity index (χ2n) is 5.08. The predicted octanol–water partition coefficient (Wildman–Crippen LogP) is 1.39. The minimum atomic E-state index is -0.934. The van der Waals surface area contributed by atoms with Gasteiger partial charge in [-0.05, 0) is 31.6 Å². The number of hydrogen-bond donors (Lipinski definition) is 1. The number of nitrogens with zero attached hydrogens (tertiary/aromatic N) is 2.